The monoisotopic (exact) mass is 446 g/mol. The fourth-order valence-corrected chi connectivity index (χ4v) is 3.70. The van der Waals surface area contributed by atoms with Gasteiger partial charge < -0.3 is 20.5 Å². The molecular weight excluding hydrogens is 416 g/mol. The van der Waals surface area contributed by atoms with Crippen molar-refractivity contribution in [2.45, 2.75) is 20.4 Å². The number of carbonyl (C=O) groups excluding carboxylic acids is 1. The van der Waals surface area contributed by atoms with Crippen LogP contribution in [0.15, 0.2) is 36.8 Å². The van der Waals surface area contributed by atoms with Gasteiger partial charge in [-0.1, -0.05) is 13.0 Å². The van der Waals surface area contributed by atoms with Crippen LogP contribution < -0.4 is 10.6 Å². The molecule has 0 aliphatic heterocycles. The number of aromatic amines is 2. The van der Waals surface area contributed by atoms with Gasteiger partial charge in [-0.05, 0) is 56.4 Å². The van der Waals surface area contributed by atoms with Crippen molar-refractivity contribution in [3.05, 3.63) is 53.6 Å². The highest BCUT2D eigenvalue weighted by molar-refractivity contribution is 5.96. The Balaban J connectivity index is 1.63. The second kappa shape index (κ2) is 9.93. The van der Waals surface area contributed by atoms with Crippen LogP contribution in [-0.2, 0) is 6.54 Å². The highest BCUT2D eigenvalue weighted by atomic mass is 16.1. The van der Waals surface area contributed by atoms with Crippen LogP contribution in [-0.4, -0.2) is 69.7 Å². The van der Waals surface area contributed by atoms with Gasteiger partial charge in [0.1, 0.15) is 11.4 Å². The summed E-state index contributed by atoms with van der Waals surface area (Å²) in [6, 6.07) is 6.17. The third kappa shape index (κ3) is 4.94. The van der Waals surface area contributed by atoms with E-state index in [0.717, 1.165) is 41.7 Å². The predicted octanol–water partition coefficient (Wildman–Crippen LogP) is 2.72. The van der Waals surface area contributed by atoms with Crippen LogP contribution in [0, 0.1) is 6.92 Å². The molecule has 3 heterocycles. The number of hydrogen-bond donors (Lipinski definition) is 4. The summed E-state index contributed by atoms with van der Waals surface area (Å²) in [5, 5.41) is 14.7. The minimum atomic E-state index is -0.185. The molecule has 9 heteroatoms. The van der Waals surface area contributed by atoms with Crippen molar-refractivity contribution < 1.29 is 4.79 Å². The molecule has 1 amide bonds. The van der Waals surface area contributed by atoms with Crippen LogP contribution in [0.1, 0.15) is 28.5 Å². The van der Waals surface area contributed by atoms with E-state index >= 15 is 0 Å². The van der Waals surface area contributed by atoms with Gasteiger partial charge in [-0.15, -0.1) is 0 Å². The highest BCUT2D eigenvalue weighted by Gasteiger charge is 2.16. The van der Waals surface area contributed by atoms with Crippen LogP contribution >= 0.6 is 0 Å². The summed E-state index contributed by atoms with van der Waals surface area (Å²) in [7, 11) is 3.93. The maximum Gasteiger partial charge on any atom is 0.269 e. The normalized spacial score (nSPS) is 11.4. The summed E-state index contributed by atoms with van der Waals surface area (Å²) < 4.78 is 0. The highest BCUT2D eigenvalue weighted by Crippen LogP contribution is 2.31. The summed E-state index contributed by atoms with van der Waals surface area (Å²) in [5.74, 6) is 0.363. The molecule has 0 aliphatic carbocycles. The van der Waals surface area contributed by atoms with Gasteiger partial charge in [0.05, 0.1) is 11.7 Å². The molecule has 0 unspecified atom stereocenters. The largest absolute Gasteiger partial charge is 0.349 e. The Kier molecular flexibility index (Phi) is 6.81. The SMILES string of the molecule is CCNCc1cncc(-c2ccc3[nH]nc(-c4ncc(C(=O)NCCN(C)C)[nH]4)c3c2)c1C. The lowest BCUT2D eigenvalue weighted by molar-refractivity contribution is 0.0946. The van der Waals surface area contributed by atoms with Crippen molar-refractivity contribution in [3.8, 4) is 22.6 Å². The number of rotatable bonds is 9. The van der Waals surface area contributed by atoms with E-state index in [9.17, 15) is 4.79 Å². The third-order valence-electron chi connectivity index (χ3n) is 5.65. The van der Waals surface area contributed by atoms with Gasteiger partial charge in [0.2, 0.25) is 0 Å². The van der Waals surface area contributed by atoms with E-state index in [-0.39, 0.29) is 5.91 Å². The lowest BCUT2D eigenvalue weighted by atomic mass is 9.98. The van der Waals surface area contributed by atoms with Crippen molar-refractivity contribution in [1.29, 1.82) is 0 Å². The van der Waals surface area contributed by atoms with Crippen molar-refractivity contribution in [1.82, 2.24) is 40.7 Å². The zero-order chi connectivity index (χ0) is 23.4. The van der Waals surface area contributed by atoms with Gasteiger partial charge in [-0.2, -0.15) is 5.10 Å². The molecule has 0 aliphatic rings. The number of fused-ring (bicyclic) bond motifs is 1. The van der Waals surface area contributed by atoms with E-state index in [1.165, 1.54) is 11.1 Å². The Morgan fingerprint density at radius 3 is 2.82 bits per heavy atom. The topological polar surface area (TPSA) is 115 Å². The number of nitrogens with zero attached hydrogens (tertiary/aromatic N) is 4. The van der Waals surface area contributed by atoms with Crippen LogP contribution in [0.4, 0.5) is 0 Å². The summed E-state index contributed by atoms with van der Waals surface area (Å²) in [5.41, 5.74) is 6.50. The maximum atomic E-state index is 12.4. The molecular formula is C24H30N8O. The van der Waals surface area contributed by atoms with Crippen LogP contribution in [0.3, 0.4) is 0 Å². The van der Waals surface area contributed by atoms with Gasteiger partial charge in [-0.25, -0.2) is 4.98 Å². The molecule has 4 N–H and O–H groups in total. The number of benzene rings is 1. The minimum absolute atomic E-state index is 0.185. The Morgan fingerprint density at radius 1 is 1.18 bits per heavy atom. The van der Waals surface area contributed by atoms with Gasteiger partial charge in [-0.3, -0.25) is 14.9 Å². The number of aromatic nitrogens is 5. The molecule has 0 radical (unpaired) electrons. The molecule has 4 rings (SSSR count). The van der Waals surface area contributed by atoms with E-state index < -0.39 is 0 Å². The van der Waals surface area contributed by atoms with Crippen LogP contribution in [0.2, 0.25) is 0 Å². The molecule has 172 valence electrons. The van der Waals surface area contributed by atoms with E-state index in [0.29, 0.717) is 23.8 Å². The summed E-state index contributed by atoms with van der Waals surface area (Å²) in [4.78, 5) is 26.4. The first kappa shape index (κ1) is 22.6. The fraction of sp³-hybridized carbons (Fsp3) is 0.333. The summed E-state index contributed by atoms with van der Waals surface area (Å²) in [6.07, 6.45) is 5.36. The Labute approximate surface area is 193 Å². The molecule has 0 bridgehead atoms. The first-order valence-corrected chi connectivity index (χ1v) is 11.1. The van der Waals surface area contributed by atoms with Gasteiger partial charge in [0.15, 0.2) is 5.82 Å². The molecule has 0 spiro atoms. The van der Waals surface area contributed by atoms with E-state index in [1.54, 1.807) is 6.20 Å². The molecule has 0 saturated heterocycles. The number of likely N-dealkylation sites (N-methyl/N-ethyl adjacent to an activating group) is 1. The van der Waals surface area contributed by atoms with Crippen LogP contribution in [0.5, 0.6) is 0 Å². The quantitative estimate of drug-likeness (QED) is 0.314. The maximum absolute atomic E-state index is 12.4. The van der Waals surface area contributed by atoms with E-state index in [1.807, 2.05) is 37.5 Å². The number of hydrogen-bond acceptors (Lipinski definition) is 6. The van der Waals surface area contributed by atoms with E-state index in [2.05, 4.69) is 61.8 Å². The zero-order valence-electron chi connectivity index (χ0n) is 19.5. The fourth-order valence-electron chi connectivity index (χ4n) is 3.70. The number of imidazole rings is 1. The Morgan fingerprint density at radius 2 is 2.03 bits per heavy atom. The van der Waals surface area contributed by atoms with Gasteiger partial charge >= 0.3 is 0 Å². The standard InChI is InChI=1S/C24H30N8O/c1-5-25-11-17-12-26-13-19(15(17)2)16-6-7-20-18(10-16)22(31-30-20)23-28-14-21(29-23)24(33)27-8-9-32(3)4/h6-7,10,12-14,25H,5,8-9,11H2,1-4H3,(H,27,33)(H,28,29)(H,30,31). The van der Waals surface area contributed by atoms with Gasteiger partial charge in [0.25, 0.3) is 5.91 Å². The molecule has 0 fully saturated rings. The van der Waals surface area contributed by atoms with Crippen molar-refractivity contribution in [2.24, 2.45) is 0 Å². The molecule has 4 aromatic rings. The first-order chi connectivity index (χ1) is 16.0. The molecule has 33 heavy (non-hydrogen) atoms. The Bertz CT molecular complexity index is 1260. The number of pyridine rings is 1. The lowest BCUT2D eigenvalue weighted by Crippen LogP contribution is -2.31. The number of amides is 1. The number of nitrogens with one attached hydrogen (secondary N) is 4. The number of H-pyrrole nitrogens is 2. The lowest BCUT2D eigenvalue weighted by Gasteiger charge is -2.11. The average molecular weight is 447 g/mol. The van der Waals surface area contributed by atoms with E-state index in [4.69, 9.17) is 0 Å². The van der Waals surface area contributed by atoms with Crippen molar-refractivity contribution >= 4 is 16.8 Å². The van der Waals surface area contributed by atoms with Crippen LogP contribution in [0.25, 0.3) is 33.5 Å². The summed E-state index contributed by atoms with van der Waals surface area (Å²) >= 11 is 0. The Hall–Kier alpha value is -3.56. The zero-order valence-corrected chi connectivity index (χ0v) is 19.5. The molecule has 1 aromatic carbocycles. The molecule has 3 aromatic heterocycles. The van der Waals surface area contributed by atoms with Crippen molar-refractivity contribution in [2.75, 3.05) is 33.7 Å². The first-order valence-electron chi connectivity index (χ1n) is 11.1. The molecule has 9 nitrogen and oxygen atoms in total. The summed E-state index contributed by atoms with van der Waals surface area (Å²) in [6.45, 7) is 7.24. The smallest absolute Gasteiger partial charge is 0.269 e. The second-order valence-corrected chi connectivity index (χ2v) is 8.29. The molecule has 0 saturated carbocycles. The minimum Gasteiger partial charge on any atom is -0.349 e. The van der Waals surface area contributed by atoms with Crippen molar-refractivity contribution in [3.63, 3.8) is 0 Å². The second-order valence-electron chi connectivity index (χ2n) is 8.29. The van der Waals surface area contributed by atoms with Gasteiger partial charge in [0, 0.05) is 43.0 Å². The average Bonchev–Trinajstić information content (AvgIpc) is 3.45. The number of carbonyl (C=O) groups is 1. The predicted molar refractivity (Wildman–Crippen MR) is 130 cm³/mol. The third-order valence-corrected chi connectivity index (χ3v) is 5.65. The molecule has 0 atom stereocenters.